The third kappa shape index (κ3) is 3.28. The Bertz CT molecular complexity index is 1530. The van der Waals surface area contributed by atoms with Crippen LogP contribution in [0.15, 0.2) is 41.5 Å². The molecule has 1 aromatic carbocycles. The van der Waals surface area contributed by atoms with Gasteiger partial charge in [0.05, 0.1) is 10.7 Å². The van der Waals surface area contributed by atoms with E-state index in [0.29, 0.717) is 22.8 Å². The van der Waals surface area contributed by atoms with Crippen LogP contribution < -0.4 is 11.1 Å². The minimum Gasteiger partial charge on any atom is -0.386 e. The zero-order valence-corrected chi connectivity index (χ0v) is 20.4. The number of pyridine rings is 1. The summed E-state index contributed by atoms with van der Waals surface area (Å²) in [4.78, 5) is 21.5. The van der Waals surface area contributed by atoms with Gasteiger partial charge in [-0.1, -0.05) is 11.6 Å². The fourth-order valence-corrected chi connectivity index (χ4v) is 7.34. The van der Waals surface area contributed by atoms with Crippen molar-refractivity contribution >= 4 is 44.5 Å². The number of aromatic nitrogens is 2. The average molecular weight is 522 g/mol. The summed E-state index contributed by atoms with van der Waals surface area (Å²) >= 11 is 6.02. The largest absolute Gasteiger partial charge is 0.386 e. The summed E-state index contributed by atoms with van der Waals surface area (Å²) in [7, 11) is -4.39. The number of carbonyl (C=O) groups is 1. The number of benzene rings is 1. The number of carbonyl (C=O) groups excluding carboxylic acids is 1. The van der Waals surface area contributed by atoms with E-state index in [-0.39, 0.29) is 35.6 Å². The number of imidazole rings is 1. The van der Waals surface area contributed by atoms with E-state index in [1.54, 1.807) is 29.7 Å². The first kappa shape index (κ1) is 23.7. The van der Waals surface area contributed by atoms with Crippen LogP contribution in [0.4, 0.5) is 14.5 Å². The zero-order valence-electron chi connectivity index (χ0n) is 18.8. The molecular formula is C23H22ClF2N5O3S. The number of hydrogen-bond donors (Lipinski definition) is 2. The number of aliphatic imine (C=N–C) groups is 1. The number of nitrogens with two attached hydrogens (primary N) is 1. The van der Waals surface area contributed by atoms with Crippen molar-refractivity contribution in [3.8, 4) is 0 Å². The molecule has 1 amide bonds. The van der Waals surface area contributed by atoms with Crippen LogP contribution in [0.5, 0.6) is 0 Å². The van der Waals surface area contributed by atoms with E-state index in [4.69, 9.17) is 17.3 Å². The first-order chi connectivity index (χ1) is 16.4. The molecule has 1 spiro atoms. The van der Waals surface area contributed by atoms with E-state index >= 15 is 4.39 Å². The molecule has 2 aliphatic rings. The van der Waals surface area contributed by atoms with Crippen molar-refractivity contribution in [2.75, 3.05) is 5.32 Å². The normalized spacial score (nSPS) is 24.7. The first-order valence-electron chi connectivity index (χ1n) is 10.9. The maximum atomic E-state index is 15.6. The number of amidine groups is 1. The van der Waals surface area contributed by atoms with Gasteiger partial charge >= 0.3 is 0 Å². The topological polar surface area (TPSA) is 119 Å². The molecule has 1 aliphatic heterocycles. The molecule has 0 unspecified atom stereocenters. The van der Waals surface area contributed by atoms with Gasteiger partial charge in [0.15, 0.2) is 9.84 Å². The van der Waals surface area contributed by atoms with Gasteiger partial charge in [-0.3, -0.25) is 9.79 Å². The van der Waals surface area contributed by atoms with Crippen LogP contribution in [-0.2, 0) is 15.4 Å². The Kier molecular flexibility index (Phi) is 5.23. The van der Waals surface area contributed by atoms with Gasteiger partial charge in [-0.2, -0.15) is 0 Å². The lowest BCUT2D eigenvalue weighted by molar-refractivity contribution is 0.102. The van der Waals surface area contributed by atoms with Gasteiger partial charge in [0.25, 0.3) is 5.91 Å². The number of halogens is 3. The molecule has 12 heteroatoms. The first-order valence-corrected chi connectivity index (χ1v) is 12.8. The molecule has 3 heterocycles. The van der Waals surface area contributed by atoms with Gasteiger partial charge in [0.1, 0.15) is 33.3 Å². The highest BCUT2D eigenvalue weighted by molar-refractivity contribution is 7.94. The molecular weight excluding hydrogens is 500 g/mol. The molecule has 2 atom stereocenters. The van der Waals surface area contributed by atoms with Gasteiger partial charge in [-0.05, 0) is 63.4 Å². The predicted molar refractivity (Wildman–Crippen MR) is 129 cm³/mol. The van der Waals surface area contributed by atoms with Crippen LogP contribution in [-0.4, -0.2) is 39.8 Å². The molecule has 1 saturated carbocycles. The second-order valence-electron chi connectivity index (χ2n) is 9.12. The summed E-state index contributed by atoms with van der Waals surface area (Å²) in [5.74, 6) is -1.68. The molecule has 1 fully saturated rings. The number of amides is 1. The van der Waals surface area contributed by atoms with Crippen LogP contribution in [0.2, 0.25) is 5.02 Å². The second kappa shape index (κ2) is 7.72. The number of rotatable bonds is 3. The molecule has 3 N–H and O–H groups in total. The SMILES string of the molecule is Cc1c(C(=O)Nc2ccc(F)c([C@@]3(C)N=C(N)C4(CCC4)S(=O)(=O)[C@@H]3F)c2)nc2ccc(Cl)cn12. The Morgan fingerprint density at radius 3 is 2.66 bits per heavy atom. The van der Waals surface area contributed by atoms with E-state index < -0.39 is 37.4 Å². The lowest BCUT2D eigenvalue weighted by atomic mass is 9.82. The Morgan fingerprint density at radius 2 is 2.00 bits per heavy atom. The third-order valence-electron chi connectivity index (χ3n) is 7.05. The molecule has 3 aromatic rings. The molecule has 0 bridgehead atoms. The number of fused-ring (bicyclic) bond motifs is 1. The Hall–Kier alpha value is -3.05. The van der Waals surface area contributed by atoms with Crippen molar-refractivity contribution in [1.29, 1.82) is 0 Å². The molecule has 0 radical (unpaired) electrons. The highest BCUT2D eigenvalue weighted by Gasteiger charge is 2.64. The molecule has 0 saturated heterocycles. The molecule has 8 nitrogen and oxygen atoms in total. The van der Waals surface area contributed by atoms with Gasteiger partial charge in [0, 0.05) is 17.4 Å². The van der Waals surface area contributed by atoms with Crippen LogP contribution in [0.25, 0.3) is 5.65 Å². The summed E-state index contributed by atoms with van der Waals surface area (Å²) < 4.78 is 56.8. The molecule has 35 heavy (non-hydrogen) atoms. The average Bonchev–Trinajstić information content (AvgIpc) is 3.08. The summed E-state index contributed by atoms with van der Waals surface area (Å²) in [5.41, 5.74) is 2.33. The van der Waals surface area contributed by atoms with Crippen LogP contribution >= 0.6 is 11.6 Å². The monoisotopic (exact) mass is 521 g/mol. The van der Waals surface area contributed by atoms with Crippen molar-refractivity contribution in [3.05, 3.63) is 64.3 Å². The summed E-state index contributed by atoms with van der Waals surface area (Å²) in [6.07, 6.45) is 2.57. The van der Waals surface area contributed by atoms with Crippen molar-refractivity contribution in [3.63, 3.8) is 0 Å². The summed E-state index contributed by atoms with van der Waals surface area (Å²) in [6, 6.07) is 6.78. The van der Waals surface area contributed by atoms with Gasteiger partial charge in [-0.25, -0.2) is 22.2 Å². The minimum atomic E-state index is -4.39. The molecule has 1 aliphatic carbocycles. The summed E-state index contributed by atoms with van der Waals surface area (Å²) in [6.45, 7) is 2.88. The Morgan fingerprint density at radius 1 is 1.29 bits per heavy atom. The highest BCUT2D eigenvalue weighted by atomic mass is 35.5. The van der Waals surface area contributed by atoms with E-state index in [9.17, 15) is 17.6 Å². The maximum absolute atomic E-state index is 15.6. The number of alkyl halides is 1. The number of nitrogens with zero attached hydrogens (tertiary/aromatic N) is 3. The van der Waals surface area contributed by atoms with E-state index in [0.717, 1.165) is 6.07 Å². The zero-order chi connectivity index (χ0) is 25.3. The van der Waals surface area contributed by atoms with Crippen LogP contribution in [0.1, 0.15) is 47.9 Å². The number of aryl methyl sites for hydroxylation is 1. The van der Waals surface area contributed by atoms with Crippen molar-refractivity contribution < 1.29 is 22.0 Å². The standard InChI is InChI=1S/C23H22ClF2N5O3S/c1-12-18(29-17-7-4-13(24)11-31(12)17)19(32)28-14-5-6-16(25)15(10-14)22(2)20(26)35(33,34)23(8-3-9-23)21(27)30-22/h4-7,10-11,20H,3,8-9H2,1-2H3,(H2,27,30)(H,28,32)/t20-,22+/m0/s1. The van der Waals surface area contributed by atoms with Crippen LogP contribution in [0.3, 0.4) is 0 Å². The Balaban J connectivity index is 1.52. The van der Waals surface area contributed by atoms with E-state index in [1.165, 1.54) is 19.1 Å². The Labute approximate surface area is 205 Å². The van der Waals surface area contributed by atoms with Crippen molar-refractivity contribution in [2.24, 2.45) is 10.7 Å². The van der Waals surface area contributed by atoms with Gasteiger partial charge < -0.3 is 15.5 Å². The van der Waals surface area contributed by atoms with Gasteiger partial charge in [-0.15, -0.1) is 0 Å². The van der Waals surface area contributed by atoms with Crippen molar-refractivity contribution in [1.82, 2.24) is 9.38 Å². The lowest BCUT2D eigenvalue weighted by Gasteiger charge is -2.48. The third-order valence-corrected chi connectivity index (χ3v) is 9.98. The van der Waals surface area contributed by atoms with Crippen molar-refractivity contribution in [2.45, 2.75) is 48.9 Å². The maximum Gasteiger partial charge on any atom is 0.276 e. The van der Waals surface area contributed by atoms with E-state index in [1.807, 2.05) is 0 Å². The smallest absolute Gasteiger partial charge is 0.276 e. The lowest BCUT2D eigenvalue weighted by Crippen LogP contribution is -2.64. The second-order valence-corrected chi connectivity index (χ2v) is 11.8. The van der Waals surface area contributed by atoms with Crippen LogP contribution in [0, 0.1) is 12.7 Å². The number of sulfone groups is 1. The quantitative estimate of drug-likeness (QED) is 0.541. The minimum absolute atomic E-state index is 0.113. The molecule has 5 rings (SSSR count). The van der Waals surface area contributed by atoms with E-state index in [2.05, 4.69) is 15.3 Å². The summed E-state index contributed by atoms with van der Waals surface area (Å²) in [5, 5.41) is 3.08. The fourth-order valence-electron chi connectivity index (χ4n) is 4.80. The van der Waals surface area contributed by atoms with Gasteiger partial charge in [0.2, 0.25) is 5.50 Å². The molecule has 184 valence electrons. The predicted octanol–water partition coefficient (Wildman–Crippen LogP) is 3.91. The molecule has 2 aromatic heterocycles. The fraction of sp³-hybridized carbons (Fsp3) is 0.348. The number of nitrogens with one attached hydrogen (secondary N) is 1. The number of hydrogen-bond acceptors (Lipinski definition) is 6. The highest BCUT2D eigenvalue weighted by Crippen LogP contribution is 2.51. The number of anilines is 1.